The van der Waals surface area contributed by atoms with E-state index in [0.29, 0.717) is 5.69 Å². The van der Waals surface area contributed by atoms with Crippen LogP contribution in [0, 0.1) is 12.8 Å². The summed E-state index contributed by atoms with van der Waals surface area (Å²) in [4.78, 5) is 22.1. The molecule has 1 rings (SSSR count). The number of aryl methyl sites for hydroxylation is 1. The van der Waals surface area contributed by atoms with E-state index in [9.17, 15) is 9.59 Å². The Hall–Kier alpha value is -1.36. The molecule has 1 amide bonds. The molecule has 92 valence electrons. The molecule has 0 aliphatic carbocycles. The summed E-state index contributed by atoms with van der Waals surface area (Å²) in [5.41, 5.74) is 1.73. The minimum absolute atomic E-state index is 0.0270. The maximum atomic E-state index is 11.5. The number of carboxylic acid groups (broad SMARTS) is 1. The number of anilines is 1. The van der Waals surface area contributed by atoms with Crippen LogP contribution in [0.5, 0.6) is 0 Å². The second kappa shape index (κ2) is 5.82. The van der Waals surface area contributed by atoms with Gasteiger partial charge >= 0.3 is 5.97 Å². The summed E-state index contributed by atoms with van der Waals surface area (Å²) in [5, 5.41) is 11.4. The van der Waals surface area contributed by atoms with Crippen molar-refractivity contribution >= 4 is 33.5 Å². The number of rotatable bonds is 4. The quantitative estimate of drug-likeness (QED) is 0.898. The van der Waals surface area contributed by atoms with E-state index in [1.807, 2.05) is 13.0 Å². The van der Waals surface area contributed by atoms with Gasteiger partial charge in [-0.15, -0.1) is 0 Å². The van der Waals surface area contributed by atoms with Gasteiger partial charge < -0.3 is 10.4 Å². The largest absolute Gasteiger partial charge is 0.481 e. The third-order valence-corrected chi connectivity index (χ3v) is 3.22. The Bertz CT molecular complexity index is 445. The van der Waals surface area contributed by atoms with Gasteiger partial charge in [-0.2, -0.15) is 0 Å². The van der Waals surface area contributed by atoms with Crippen LogP contribution in [0.4, 0.5) is 5.69 Å². The first-order chi connectivity index (χ1) is 7.90. The van der Waals surface area contributed by atoms with Crippen molar-refractivity contribution in [3.8, 4) is 0 Å². The minimum atomic E-state index is -0.967. The van der Waals surface area contributed by atoms with Gasteiger partial charge in [0.15, 0.2) is 0 Å². The van der Waals surface area contributed by atoms with Gasteiger partial charge in [0.05, 0.1) is 5.92 Å². The minimum Gasteiger partial charge on any atom is -0.481 e. The molecule has 0 bridgehead atoms. The topological polar surface area (TPSA) is 66.4 Å². The molecule has 1 unspecified atom stereocenters. The predicted molar refractivity (Wildman–Crippen MR) is 68.9 cm³/mol. The van der Waals surface area contributed by atoms with Gasteiger partial charge in [-0.1, -0.05) is 28.9 Å². The average molecular weight is 300 g/mol. The maximum Gasteiger partial charge on any atom is 0.306 e. The summed E-state index contributed by atoms with van der Waals surface area (Å²) in [7, 11) is 0. The van der Waals surface area contributed by atoms with Crippen molar-refractivity contribution in [3.63, 3.8) is 0 Å². The highest BCUT2D eigenvalue weighted by Gasteiger charge is 2.15. The van der Waals surface area contributed by atoms with Gasteiger partial charge in [0.25, 0.3) is 0 Å². The smallest absolute Gasteiger partial charge is 0.306 e. The van der Waals surface area contributed by atoms with Crippen molar-refractivity contribution in [2.24, 2.45) is 5.92 Å². The number of carbonyl (C=O) groups is 2. The molecule has 1 aromatic rings. The Morgan fingerprint density at radius 1 is 1.47 bits per heavy atom. The van der Waals surface area contributed by atoms with Gasteiger partial charge in [-0.25, -0.2) is 0 Å². The Morgan fingerprint density at radius 2 is 2.12 bits per heavy atom. The summed E-state index contributed by atoms with van der Waals surface area (Å²) >= 11 is 3.36. The van der Waals surface area contributed by atoms with E-state index in [2.05, 4.69) is 21.2 Å². The molecule has 0 radical (unpaired) electrons. The van der Waals surface area contributed by atoms with Crippen molar-refractivity contribution in [1.29, 1.82) is 0 Å². The monoisotopic (exact) mass is 299 g/mol. The molecule has 4 nitrogen and oxygen atoms in total. The summed E-state index contributed by atoms with van der Waals surface area (Å²) < 4.78 is 0.904. The molecule has 0 heterocycles. The van der Waals surface area contributed by atoms with Crippen LogP contribution in [-0.4, -0.2) is 17.0 Å². The lowest BCUT2D eigenvalue weighted by molar-refractivity contribution is -0.142. The zero-order valence-corrected chi connectivity index (χ0v) is 11.2. The second-order valence-corrected chi connectivity index (χ2v) is 4.81. The van der Waals surface area contributed by atoms with E-state index in [0.717, 1.165) is 10.0 Å². The van der Waals surface area contributed by atoms with Crippen molar-refractivity contribution < 1.29 is 14.7 Å². The van der Waals surface area contributed by atoms with Crippen LogP contribution in [0.3, 0.4) is 0 Å². The molecule has 5 heteroatoms. The van der Waals surface area contributed by atoms with Crippen LogP contribution in [0.15, 0.2) is 22.7 Å². The number of hydrogen-bond donors (Lipinski definition) is 2. The fourth-order valence-electron chi connectivity index (χ4n) is 1.25. The van der Waals surface area contributed by atoms with Gasteiger partial charge in [0.2, 0.25) is 5.91 Å². The molecule has 0 saturated carbocycles. The summed E-state index contributed by atoms with van der Waals surface area (Å²) in [6.07, 6.45) is -0.0270. The highest BCUT2D eigenvalue weighted by molar-refractivity contribution is 9.10. The highest BCUT2D eigenvalue weighted by atomic mass is 79.9. The number of nitrogens with one attached hydrogen (secondary N) is 1. The van der Waals surface area contributed by atoms with Crippen molar-refractivity contribution in [1.82, 2.24) is 0 Å². The third kappa shape index (κ3) is 4.19. The van der Waals surface area contributed by atoms with E-state index < -0.39 is 11.9 Å². The molecule has 0 fully saturated rings. The first-order valence-corrected chi connectivity index (χ1v) is 5.98. The molecule has 1 aromatic carbocycles. The molecule has 0 saturated heterocycles. The SMILES string of the molecule is Cc1ccc(NC(=O)CC(C)C(=O)O)cc1Br. The summed E-state index contributed by atoms with van der Waals surface area (Å²) in [6.45, 7) is 3.45. The number of halogens is 1. The van der Waals surface area contributed by atoms with Crippen LogP contribution in [0.25, 0.3) is 0 Å². The summed E-state index contributed by atoms with van der Waals surface area (Å²) in [5.74, 6) is -1.94. The number of carboxylic acids is 1. The fourth-order valence-corrected chi connectivity index (χ4v) is 1.63. The zero-order valence-electron chi connectivity index (χ0n) is 9.66. The van der Waals surface area contributed by atoms with Gasteiger partial charge in [0.1, 0.15) is 0 Å². The van der Waals surface area contributed by atoms with E-state index in [1.54, 1.807) is 12.1 Å². The van der Waals surface area contributed by atoms with E-state index in [4.69, 9.17) is 5.11 Å². The van der Waals surface area contributed by atoms with E-state index in [-0.39, 0.29) is 12.3 Å². The molecular weight excluding hydrogens is 286 g/mol. The van der Waals surface area contributed by atoms with E-state index in [1.165, 1.54) is 6.92 Å². The van der Waals surface area contributed by atoms with Crippen LogP contribution in [0.2, 0.25) is 0 Å². The molecule has 2 N–H and O–H groups in total. The lowest BCUT2D eigenvalue weighted by atomic mass is 10.1. The number of hydrogen-bond acceptors (Lipinski definition) is 2. The van der Waals surface area contributed by atoms with Gasteiger partial charge in [-0.05, 0) is 24.6 Å². The Labute approximate surface area is 108 Å². The average Bonchev–Trinajstić information content (AvgIpc) is 2.23. The molecule has 0 aliphatic heterocycles. The van der Waals surface area contributed by atoms with Crippen molar-refractivity contribution in [2.45, 2.75) is 20.3 Å². The first kappa shape index (κ1) is 13.7. The van der Waals surface area contributed by atoms with Gasteiger partial charge in [0, 0.05) is 16.6 Å². The lowest BCUT2D eigenvalue weighted by Crippen LogP contribution is -2.19. The van der Waals surface area contributed by atoms with Crippen molar-refractivity contribution in [3.05, 3.63) is 28.2 Å². The maximum absolute atomic E-state index is 11.5. The number of benzene rings is 1. The molecule has 0 aliphatic rings. The first-order valence-electron chi connectivity index (χ1n) is 5.19. The van der Waals surface area contributed by atoms with Crippen LogP contribution in [0.1, 0.15) is 18.9 Å². The Balaban J connectivity index is 2.62. The van der Waals surface area contributed by atoms with E-state index >= 15 is 0 Å². The third-order valence-electron chi connectivity index (χ3n) is 2.37. The second-order valence-electron chi connectivity index (χ2n) is 3.96. The fraction of sp³-hybridized carbons (Fsp3) is 0.333. The number of carbonyl (C=O) groups excluding carboxylic acids is 1. The highest BCUT2D eigenvalue weighted by Crippen LogP contribution is 2.20. The molecule has 17 heavy (non-hydrogen) atoms. The van der Waals surface area contributed by atoms with Crippen LogP contribution >= 0.6 is 15.9 Å². The molecule has 0 spiro atoms. The molecule has 0 aromatic heterocycles. The van der Waals surface area contributed by atoms with Crippen molar-refractivity contribution in [2.75, 3.05) is 5.32 Å². The molecule has 1 atom stereocenters. The normalized spacial score (nSPS) is 11.9. The van der Waals surface area contributed by atoms with Gasteiger partial charge in [-0.3, -0.25) is 9.59 Å². The van der Waals surface area contributed by atoms with Crippen LogP contribution < -0.4 is 5.32 Å². The predicted octanol–water partition coefficient (Wildman–Crippen LogP) is 2.81. The number of amides is 1. The van der Waals surface area contributed by atoms with Crippen LogP contribution in [-0.2, 0) is 9.59 Å². The Morgan fingerprint density at radius 3 is 2.65 bits per heavy atom. The lowest BCUT2D eigenvalue weighted by Gasteiger charge is -2.08. The molecular formula is C12H14BrNO3. The standard InChI is InChI=1S/C12H14BrNO3/c1-7-3-4-9(6-10(7)13)14-11(15)5-8(2)12(16)17/h3-4,6,8H,5H2,1-2H3,(H,14,15)(H,16,17). The number of aliphatic carboxylic acids is 1. The zero-order chi connectivity index (χ0) is 13.0. The Kier molecular flexibility index (Phi) is 4.69. The summed E-state index contributed by atoms with van der Waals surface area (Å²) in [6, 6.07) is 5.45.